The summed E-state index contributed by atoms with van der Waals surface area (Å²) in [5, 5.41) is 2.78. The molecule has 0 aliphatic rings. The Balaban J connectivity index is 2.75. The monoisotopic (exact) mass is 330 g/mol. The first kappa shape index (κ1) is 14.9. The Morgan fingerprint density at radius 1 is 1.61 bits per heavy atom. The largest absolute Gasteiger partial charge is 0.497 e. The molecule has 6 heteroatoms. The molecule has 1 rings (SSSR count). The van der Waals surface area contributed by atoms with E-state index in [1.165, 1.54) is 0 Å². The van der Waals surface area contributed by atoms with Crippen LogP contribution in [-0.2, 0) is 0 Å². The van der Waals surface area contributed by atoms with Crippen LogP contribution in [0.2, 0.25) is 0 Å². The minimum Gasteiger partial charge on any atom is -0.497 e. The van der Waals surface area contributed by atoms with Gasteiger partial charge in [-0.2, -0.15) is 0 Å². The predicted octanol–water partition coefficient (Wildman–Crippen LogP) is 2.11. The van der Waals surface area contributed by atoms with E-state index in [2.05, 4.69) is 21.2 Å². The van der Waals surface area contributed by atoms with Crippen molar-refractivity contribution >= 4 is 39.0 Å². The zero-order chi connectivity index (χ0) is 13.7. The van der Waals surface area contributed by atoms with Gasteiger partial charge in [0.25, 0.3) is 5.91 Å². The highest BCUT2D eigenvalue weighted by molar-refractivity contribution is 9.10. The molecule has 0 heterocycles. The second kappa shape index (κ2) is 6.70. The molecule has 0 fully saturated rings. The van der Waals surface area contributed by atoms with Gasteiger partial charge in [0, 0.05) is 16.9 Å². The average molecular weight is 331 g/mol. The number of benzene rings is 1. The molecule has 1 aromatic carbocycles. The highest BCUT2D eigenvalue weighted by Crippen LogP contribution is 2.22. The number of carbonyl (C=O) groups excluding carboxylic acids is 1. The predicted molar refractivity (Wildman–Crippen MR) is 79.0 cm³/mol. The Labute approximate surface area is 120 Å². The van der Waals surface area contributed by atoms with Crippen molar-refractivity contribution in [2.75, 3.05) is 13.7 Å². The lowest BCUT2D eigenvalue weighted by Gasteiger charge is -2.12. The maximum Gasteiger partial charge on any atom is 0.252 e. The summed E-state index contributed by atoms with van der Waals surface area (Å²) in [6, 6.07) is 5.22. The van der Waals surface area contributed by atoms with Crippen LogP contribution in [0.1, 0.15) is 17.3 Å². The van der Waals surface area contributed by atoms with Gasteiger partial charge in [0.05, 0.1) is 17.7 Å². The summed E-state index contributed by atoms with van der Waals surface area (Å²) in [4.78, 5) is 12.4. The zero-order valence-electron chi connectivity index (χ0n) is 10.2. The van der Waals surface area contributed by atoms with E-state index in [1.54, 1.807) is 25.3 Å². The van der Waals surface area contributed by atoms with Gasteiger partial charge in [-0.05, 0) is 34.1 Å². The second-order valence-corrected chi connectivity index (χ2v) is 5.18. The van der Waals surface area contributed by atoms with Crippen LogP contribution < -0.4 is 15.8 Å². The van der Waals surface area contributed by atoms with Crippen molar-refractivity contribution < 1.29 is 9.53 Å². The number of hydrogen-bond donors (Lipinski definition) is 2. The Kier molecular flexibility index (Phi) is 5.55. The van der Waals surface area contributed by atoms with Gasteiger partial charge >= 0.3 is 0 Å². The molecule has 0 radical (unpaired) electrons. The highest BCUT2D eigenvalue weighted by atomic mass is 79.9. The minimum atomic E-state index is -0.191. The lowest BCUT2D eigenvalue weighted by atomic mass is 10.1. The zero-order valence-corrected chi connectivity index (χ0v) is 12.6. The van der Waals surface area contributed by atoms with Crippen LogP contribution in [0.4, 0.5) is 0 Å². The Morgan fingerprint density at radius 3 is 2.83 bits per heavy atom. The Bertz CT molecular complexity index is 465. The first-order chi connectivity index (χ1) is 8.45. The van der Waals surface area contributed by atoms with Crippen molar-refractivity contribution in [3.8, 4) is 5.75 Å². The smallest absolute Gasteiger partial charge is 0.252 e. The van der Waals surface area contributed by atoms with Crippen molar-refractivity contribution in [2.45, 2.75) is 6.92 Å². The summed E-state index contributed by atoms with van der Waals surface area (Å²) in [7, 11) is 1.56. The van der Waals surface area contributed by atoms with Gasteiger partial charge in [-0.15, -0.1) is 0 Å². The van der Waals surface area contributed by atoms with Crippen LogP contribution >= 0.6 is 28.1 Å². The molecule has 0 bridgehead atoms. The summed E-state index contributed by atoms with van der Waals surface area (Å²) in [5.74, 6) is 0.406. The summed E-state index contributed by atoms with van der Waals surface area (Å²) < 4.78 is 5.79. The maximum atomic E-state index is 12.0. The fourth-order valence-corrected chi connectivity index (χ4v) is 1.76. The van der Waals surface area contributed by atoms with Crippen LogP contribution in [0.15, 0.2) is 22.7 Å². The molecule has 3 N–H and O–H groups in total. The van der Waals surface area contributed by atoms with Gasteiger partial charge in [0.15, 0.2) is 0 Å². The summed E-state index contributed by atoms with van der Waals surface area (Å²) in [6.07, 6.45) is 0. The topological polar surface area (TPSA) is 64.3 Å². The van der Waals surface area contributed by atoms with E-state index in [-0.39, 0.29) is 11.8 Å². The number of amides is 1. The van der Waals surface area contributed by atoms with Gasteiger partial charge < -0.3 is 15.8 Å². The fourth-order valence-electron chi connectivity index (χ4n) is 1.25. The van der Waals surface area contributed by atoms with Crippen molar-refractivity contribution in [1.29, 1.82) is 0 Å². The molecule has 0 spiro atoms. The molecule has 0 saturated carbocycles. The number of halogens is 1. The summed E-state index contributed by atoms with van der Waals surface area (Å²) in [5.41, 5.74) is 6.01. The first-order valence-electron chi connectivity index (χ1n) is 5.36. The third-order valence-electron chi connectivity index (χ3n) is 2.47. The van der Waals surface area contributed by atoms with Crippen molar-refractivity contribution in [1.82, 2.24) is 5.32 Å². The van der Waals surface area contributed by atoms with Crippen molar-refractivity contribution in [2.24, 2.45) is 11.7 Å². The third kappa shape index (κ3) is 3.96. The normalized spacial score (nSPS) is 11.7. The molecule has 98 valence electrons. The molecule has 0 aliphatic carbocycles. The molecule has 1 unspecified atom stereocenters. The van der Waals surface area contributed by atoms with E-state index < -0.39 is 0 Å². The Morgan fingerprint density at radius 2 is 2.28 bits per heavy atom. The number of hydrogen-bond acceptors (Lipinski definition) is 3. The number of carbonyl (C=O) groups is 1. The van der Waals surface area contributed by atoms with E-state index in [1.807, 2.05) is 6.92 Å². The number of nitrogens with two attached hydrogens (primary N) is 1. The number of rotatable bonds is 5. The number of methoxy groups -OCH3 is 1. The minimum absolute atomic E-state index is 0.0340. The van der Waals surface area contributed by atoms with Crippen LogP contribution in [0.25, 0.3) is 0 Å². The number of thiocarbonyl (C=S) groups is 1. The molecule has 0 saturated heterocycles. The molecule has 18 heavy (non-hydrogen) atoms. The standard InChI is InChI=1S/C12H15BrN2O2S/c1-7(11(14)18)6-15-12(16)9-5-8(17-2)3-4-10(9)13/h3-5,7H,6H2,1-2H3,(H2,14,18)(H,15,16). The number of nitrogens with one attached hydrogen (secondary N) is 1. The van der Waals surface area contributed by atoms with E-state index in [0.717, 1.165) is 0 Å². The van der Waals surface area contributed by atoms with Gasteiger partial charge in [0.2, 0.25) is 0 Å². The van der Waals surface area contributed by atoms with Gasteiger partial charge in [-0.3, -0.25) is 4.79 Å². The SMILES string of the molecule is COc1ccc(Br)c(C(=O)NCC(C)C(N)=S)c1. The molecule has 1 atom stereocenters. The van der Waals surface area contributed by atoms with Gasteiger partial charge in [-0.25, -0.2) is 0 Å². The van der Waals surface area contributed by atoms with Crippen molar-refractivity contribution in [3.63, 3.8) is 0 Å². The van der Waals surface area contributed by atoms with E-state index in [0.29, 0.717) is 27.3 Å². The quantitative estimate of drug-likeness (QED) is 0.811. The second-order valence-electron chi connectivity index (χ2n) is 3.86. The van der Waals surface area contributed by atoms with E-state index in [9.17, 15) is 4.79 Å². The summed E-state index contributed by atoms with van der Waals surface area (Å²) in [6.45, 7) is 2.28. The van der Waals surface area contributed by atoms with E-state index >= 15 is 0 Å². The molecule has 4 nitrogen and oxygen atoms in total. The lowest BCUT2D eigenvalue weighted by molar-refractivity contribution is 0.0950. The first-order valence-corrected chi connectivity index (χ1v) is 6.57. The van der Waals surface area contributed by atoms with Crippen LogP contribution in [0.3, 0.4) is 0 Å². The molecule has 0 aromatic heterocycles. The molecule has 1 amide bonds. The number of ether oxygens (including phenoxy) is 1. The molecular formula is C12H15BrN2O2S. The molecule has 0 aliphatic heterocycles. The van der Waals surface area contributed by atoms with Gasteiger partial charge in [-0.1, -0.05) is 19.1 Å². The lowest BCUT2D eigenvalue weighted by Crippen LogP contribution is -2.33. The van der Waals surface area contributed by atoms with E-state index in [4.69, 9.17) is 22.7 Å². The molecule has 1 aromatic rings. The van der Waals surface area contributed by atoms with Crippen molar-refractivity contribution in [3.05, 3.63) is 28.2 Å². The summed E-state index contributed by atoms with van der Waals surface area (Å²) >= 11 is 8.18. The van der Waals surface area contributed by atoms with Crippen LogP contribution in [0, 0.1) is 5.92 Å². The van der Waals surface area contributed by atoms with Crippen LogP contribution in [-0.4, -0.2) is 24.6 Å². The molecular weight excluding hydrogens is 316 g/mol. The Hall–Kier alpha value is -1.14. The average Bonchev–Trinajstić information content (AvgIpc) is 2.35. The highest BCUT2D eigenvalue weighted by Gasteiger charge is 2.13. The van der Waals surface area contributed by atoms with Crippen LogP contribution in [0.5, 0.6) is 5.75 Å². The third-order valence-corrected chi connectivity index (χ3v) is 3.57. The fraction of sp³-hybridized carbons (Fsp3) is 0.333. The maximum absolute atomic E-state index is 12.0. The van der Waals surface area contributed by atoms with Gasteiger partial charge in [0.1, 0.15) is 5.75 Å².